The van der Waals surface area contributed by atoms with Crippen molar-refractivity contribution in [2.75, 3.05) is 0 Å². The van der Waals surface area contributed by atoms with Crippen LogP contribution in [0.25, 0.3) is 0 Å². The van der Waals surface area contributed by atoms with Gasteiger partial charge in [-0.3, -0.25) is 11.3 Å². The summed E-state index contributed by atoms with van der Waals surface area (Å²) in [5.41, 5.74) is 5.19. The second-order valence-corrected chi connectivity index (χ2v) is 5.65. The summed E-state index contributed by atoms with van der Waals surface area (Å²) in [5.74, 6) is 5.59. The fraction of sp³-hybridized carbons (Fsp3) is 0.333. The lowest BCUT2D eigenvalue weighted by Gasteiger charge is -2.18. The molecular formula is C12H16Br2N2. The number of nitrogens with one attached hydrogen (secondary N) is 1. The van der Waals surface area contributed by atoms with Crippen molar-refractivity contribution in [1.29, 1.82) is 0 Å². The summed E-state index contributed by atoms with van der Waals surface area (Å²) in [6.45, 7) is 5.94. The first-order valence-corrected chi connectivity index (χ1v) is 6.68. The van der Waals surface area contributed by atoms with Gasteiger partial charge in [0.05, 0.1) is 0 Å². The number of allylic oxidation sites excluding steroid dienone is 1. The predicted octanol–water partition coefficient (Wildman–Crippen LogP) is 4.07. The van der Waals surface area contributed by atoms with E-state index in [-0.39, 0.29) is 6.04 Å². The second kappa shape index (κ2) is 6.55. The number of rotatable bonds is 5. The summed E-state index contributed by atoms with van der Waals surface area (Å²) in [5, 5.41) is 0. The van der Waals surface area contributed by atoms with Crippen molar-refractivity contribution in [3.63, 3.8) is 0 Å². The molecule has 0 radical (unpaired) electrons. The average molecular weight is 348 g/mol. The number of hydrazine groups is 1. The minimum Gasteiger partial charge on any atom is -0.271 e. The number of hydrogen-bond donors (Lipinski definition) is 2. The van der Waals surface area contributed by atoms with Crippen LogP contribution < -0.4 is 11.3 Å². The van der Waals surface area contributed by atoms with Crippen LogP contribution in [0.3, 0.4) is 0 Å². The maximum absolute atomic E-state index is 5.59. The van der Waals surface area contributed by atoms with Gasteiger partial charge in [0.1, 0.15) is 0 Å². The molecule has 0 aliphatic carbocycles. The van der Waals surface area contributed by atoms with Crippen molar-refractivity contribution in [2.45, 2.75) is 25.8 Å². The van der Waals surface area contributed by atoms with Crippen molar-refractivity contribution in [3.8, 4) is 0 Å². The summed E-state index contributed by atoms with van der Waals surface area (Å²) in [6, 6.07) is 6.24. The zero-order chi connectivity index (χ0) is 12.1. The lowest BCUT2D eigenvalue weighted by molar-refractivity contribution is 0.514. The Balaban J connectivity index is 2.85. The summed E-state index contributed by atoms with van der Waals surface area (Å²) >= 11 is 7.01. The Kier molecular flexibility index (Phi) is 5.69. The smallest absolute Gasteiger partial charge is 0.0474 e. The number of benzene rings is 1. The Morgan fingerprint density at radius 2 is 2.19 bits per heavy atom. The van der Waals surface area contributed by atoms with Gasteiger partial charge in [0, 0.05) is 15.0 Å². The molecule has 2 nitrogen and oxygen atoms in total. The minimum absolute atomic E-state index is 0.142. The predicted molar refractivity (Wildman–Crippen MR) is 76.0 cm³/mol. The van der Waals surface area contributed by atoms with Gasteiger partial charge in [-0.05, 0) is 43.5 Å². The van der Waals surface area contributed by atoms with Crippen LogP contribution in [0.2, 0.25) is 0 Å². The molecule has 16 heavy (non-hydrogen) atoms. The fourth-order valence-electron chi connectivity index (χ4n) is 1.50. The van der Waals surface area contributed by atoms with Gasteiger partial charge in [0.2, 0.25) is 0 Å². The van der Waals surface area contributed by atoms with Gasteiger partial charge in [-0.1, -0.05) is 37.4 Å². The van der Waals surface area contributed by atoms with E-state index in [1.54, 1.807) is 0 Å². The van der Waals surface area contributed by atoms with Gasteiger partial charge in [-0.15, -0.1) is 6.58 Å². The zero-order valence-electron chi connectivity index (χ0n) is 9.26. The van der Waals surface area contributed by atoms with Crippen LogP contribution >= 0.6 is 31.9 Å². The molecule has 0 aliphatic rings. The first kappa shape index (κ1) is 13.9. The maximum atomic E-state index is 5.59. The van der Waals surface area contributed by atoms with Crippen molar-refractivity contribution in [1.82, 2.24) is 5.43 Å². The van der Waals surface area contributed by atoms with E-state index >= 15 is 0 Å². The van der Waals surface area contributed by atoms with Crippen LogP contribution in [0.4, 0.5) is 0 Å². The highest BCUT2D eigenvalue weighted by Gasteiger charge is 2.13. The lowest BCUT2D eigenvalue weighted by atomic mass is 10.0. The highest BCUT2D eigenvalue weighted by atomic mass is 79.9. The van der Waals surface area contributed by atoms with E-state index in [0.29, 0.717) is 0 Å². The van der Waals surface area contributed by atoms with Gasteiger partial charge >= 0.3 is 0 Å². The summed E-state index contributed by atoms with van der Waals surface area (Å²) < 4.78 is 2.13. The molecule has 3 N–H and O–H groups in total. The molecule has 0 fully saturated rings. The van der Waals surface area contributed by atoms with Crippen molar-refractivity contribution < 1.29 is 0 Å². The van der Waals surface area contributed by atoms with Crippen molar-refractivity contribution in [2.24, 2.45) is 5.84 Å². The highest BCUT2D eigenvalue weighted by Crippen LogP contribution is 2.29. The van der Waals surface area contributed by atoms with Crippen molar-refractivity contribution >= 4 is 31.9 Å². The van der Waals surface area contributed by atoms with Gasteiger partial charge in [0.25, 0.3) is 0 Å². The zero-order valence-corrected chi connectivity index (χ0v) is 12.4. The molecule has 0 saturated carbocycles. The summed E-state index contributed by atoms with van der Waals surface area (Å²) in [7, 11) is 0. The molecule has 0 bridgehead atoms. The fourth-order valence-corrected chi connectivity index (χ4v) is 2.40. The minimum atomic E-state index is 0.142. The normalized spacial score (nSPS) is 12.5. The summed E-state index contributed by atoms with van der Waals surface area (Å²) in [6.07, 6.45) is 1.91. The van der Waals surface area contributed by atoms with E-state index < -0.39 is 0 Å². The SMILES string of the molecule is C=C(C)CCC(NN)c1cc(Br)ccc1Br. The quantitative estimate of drug-likeness (QED) is 0.478. The molecule has 1 atom stereocenters. The Labute approximate surface area is 114 Å². The summed E-state index contributed by atoms with van der Waals surface area (Å²) in [4.78, 5) is 0. The molecule has 1 unspecified atom stereocenters. The molecule has 0 saturated heterocycles. The van der Waals surface area contributed by atoms with Gasteiger partial charge in [-0.2, -0.15) is 0 Å². The third-order valence-corrected chi connectivity index (χ3v) is 3.61. The van der Waals surface area contributed by atoms with Crippen LogP contribution in [0.15, 0.2) is 39.3 Å². The monoisotopic (exact) mass is 346 g/mol. The van der Waals surface area contributed by atoms with E-state index in [0.717, 1.165) is 27.4 Å². The van der Waals surface area contributed by atoms with Gasteiger partial charge < -0.3 is 0 Å². The largest absolute Gasteiger partial charge is 0.271 e. The number of hydrogen-bond acceptors (Lipinski definition) is 2. The second-order valence-electron chi connectivity index (χ2n) is 3.88. The van der Waals surface area contributed by atoms with E-state index in [2.05, 4.69) is 49.9 Å². The average Bonchev–Trinajstić information content (AvgIpc) is 2.23. The van der Waals surface area contributed by atoms with E-state index in [1.165, 1.54) is 5.57 Å². The van der Waals surface area contributed by atoms with Gasteiger partial charge in [-0.25, -0.2) is 0 Å². The topological polar surface area (TPSA) is 38.0 Å². The van der Waals surface area contributed by atoms with Crippen molar-refractivity contribution in [3.05, 3.63) is 44.9 Å². The Morgan fingerprint density at radius 3 is 2.75 bits per heavy atom. The van der Waals surface area contributed by atoms with Crippen LogP contribution in [-0.2, 0) is 0 Å². The first-order chi connectivity index (χ1) is 7.54. The molecule has 4 heteroatoms. The molecule has 88 valence electrons. The third kappa shape index (κ3) is 4.01. The lowest BCUT2D eigenvalue weighted by Crippen LogP contribution is -2.28. The highest BCUT2D eigenvalue weighted by molar-refractivity contribution is 9.11. The molecule has 0 amide bonds. The van der Waals surface area contributed by atoms with E-state index in [9.17, 15) is 0 Å². The van der Waals surface area contributed by atoms with Gasteiger partial charge in [0.15, 0.2) is 0 Å². The maximum Gasteiger partial charge on any atom is 0.0474 e. The Hall–Kier alpha value is -0.160. The molecule has 0 spiro atoms. The van der Waals surface area contributed by atoms with Crippen LogP contribution in [-0.4, -0.2) is 0 Å². The molecule has 0 aliphatic heterocycles. The standard InChI is InChI=1S/C12H16Br2N2/c1-8(2)3-6-12(16-15)10-7-9(13)4-5-11(10)14/h4-5,7,12,16H,1,3,6,15H2,2H3. The van der Waals surface area contributed by atoms with E-state index in [4.69, 9.17) is 5.84 Å². The molecule has 1 aromatic rings. The van der Waals surface area contributed by atoms with Crippen LogP contribution in [0, 0.1) is 0 Å². The van der Waals surface area contributed by atoms with E-state index in [1.807, 2.05) is 19.1 Å². The molecule has 0 aromatic heterocycles. The Morgan fingerprint density at radius 1 is 1.50 bits per heavy atom. The third-order valence-electron chi connectivity index (χ3n) is 2.39. The number of nitrogens with two attached hydrogens (primary N) is 1. The molecule has 1 rings (SSSR count). The first-order valence-electron chi connectivity index (χ1n) is 5.10. The molecule has 1 aromatic carbocycles. The number of halogens is 2. The Bertz CT molecular complexity index is 377. The molecular weight excluding hydrogens is 332 g/mol. The van der Waals surface area contributed by atoms with Crippen LogP contribution in [0.1, 0.15) is 31.4 Å². The van der Waals surface area contributed by atoms with Crippen LogP contribution in [0.5, 0.6) is 0 Å². The molecule has 0 heterocycles.